The normalized spacial score (nSPS) is 25.6. The minimum atomic E-state index is -0.487. The largest absolute Gasteiger partial charge is 0.388 e. The summed E-state index contributed by atoms with van der Waals surface area (Å²) in [5, 5.41) is 11.6. The van der Waals surface area contributed by atoms with Crippen molar-refractivity contribution in [3.8, 4) is 0 Å². The Morgan fingerprint density at radius 2 is 1.63 bits per heavy atom. The van der Waals surface area contributed by atoms with Crippen molar-refractivity contribution in [2.24, 2.45) is 17.8 Å². The number of hydrogen-bond donors (Lipinski definition) is 1. The van der Waals surface area contributed by atoms with Crippen molar-refractivity contribution in [2.45, 2.75) is 45.6 Å². The second-order valence-corrected chi connectivity index (χ2v) is 6.79. The Morgan fingerprint density at radius 3 is 2.21 bits per heavy atom. The summed E-state index contributed by atoms with van der Waals surface area (Å²) in [5.74, 6) is 1.86. The average Bonchev–Trinajstić information content (AvgIpc) is 2.41. The summed E-state index contributed by atoms with van der Waals surface area (Å²) >= 11 is 12.2. The van der Waals surface area contributed by atoms with E-state index in [4.69, 9.17) is 23.2 Å². The molecule has 1 aliphatic carbocycles. The zero-order valence-electron chi connectivity index (χ0n) is 11.6. The molecule has 0 heterocycles. The van der Waals surface area contributed by atoms with Gasteiger partial charge in [-0.3, -0.25) is 0 Å². The SMILES string of the molecule is CC(C)C1CCC(C(O)c2cccc(Cl)c2Cl)CC1. The molecule has 3 heteroatoms. The lowest BCUT2D eigenvalue weighted by Crippen LogP contribution is -2.23. The molecular formula is C16H22Cl2O. The molecule has 0 amide bonds. The Morgan fingerprint density at radius 1 is 1.05 bits per heavy atom. The first-order valence-corrected chi connectivity index (χ1v) is 7.88. The zero-order chi connectivity index (χ0) is 14.0. The van der Waals surface area contributed by atoms with Gasteiger partial charge in [0, 0.05) is 5.56 Å². The molecule has 0 bridgehead atoms. The summed E-state index contributed by atoms with van der Waals surface area (Å²) in [6.45, 7) is 4.57. The van der Waals surface area contributed by atoms with Gasteiger partial charge in [-0.05, 0) is 49.5 Å². The first-order valence-electron chi connectivity index (χ1n) is 7.12. The quantitative estimate of drug-likeness (QED) is 0.782. The Kier molecular flexibility index (Phi) is 5.16. The van der Waals surface area contributed by atoms with E-state index in [0.29, 0.717) is 16.0 Å². The van der Waals surface area contributed by atoms with E-state index < -0.39 is 6.10 Å². The topological polar surface area (TPSA) is 20.2 Å². The van der Waals surface area contributed by atoms with E-state index in [1.807, 2.05) is 12.1 Å². The van der Waals surface area contributed by atoms with Gasteiger partial charge in [0.25, 0.3) is 0 Å². The van der Waals surface area contributed by atoms with Crippen molar-refractivity contribution < 1.29 is 5.11 Å². The van der Waals surface area contributed by atoms with Crippen molar-refractivity contribution >= 4 is 23.2 Å². The van der Waals surface area contributed by atoms with E-state index in [0.717, 1.165) is 30.2 Å². The summed E-state index contributed by atoms with van der Waals surface area (Å²) < 4.78 is 0. The first-order chi connectivity index (χ1) is 9.00. The third-order valence-corrected chi connectivity index (χ3v) is 5.34. The summed E-state index contributed by atoms with van der Waals surface area (Å²) in [7, 11) is 0. The van der Waals surface area contributed by atoms with Crippen molar-refractivity contribution in [1.82, 2.24) is 0 Å². The van der Waals surface area contributed by atoms with Crippen LogP contribution in [-0.2, 0) is 0 Å². The molecule has 0 spiro atoms. The van der Waals surface area contributed by atoms with Gasteiger partial charge >= 0.3 is 0 Å². The molecule has 1 aromatic carbocycles. The Bertz CT molecular complexity index is 423. The highest BCUT2D eigenvalue weighted by Gasteiger charge is 2.29. The van der Waals surface area contributed by atoms with Crippen LogP contribution in [0.15, 0.2) is 18.2 Å². The number of hydrogen-bond acceptors (Lipinski definition) is 1. The minimum absolute atomic E-state index is 0.311. The molecule has 106 valence electrons. The lowest BCUT2D eigenvalue weighted by atomic mass is 9.74. The van der Waals surface area contributed by atoms with Crippen molar-refractivity contribution in [3.63, 3.8) is 0 Å². The molecule has 1 aromatic rings. The first kappa shape index (κ1) is 15.2. The fourth-order valence-electron chi connectivity index (χ4n) is 3.13. The fraction of sp³-hybridized carbons (Fsp3) is 0.625. The molecule has 1 N–H and O–H groups in total. The molecule has 1 atom stereocenters. The van der Waals surface area contributed by atoms with Gasteiger partial charge in [-0.25, -0.2) is 0 Å². The molecule has 1 nitrogen and oxygen atoms in total. The number of rotatable bonds is 3. The smallest absolute Gasteiger partial charge is 0.0833 e. The maximum absolute atomic E-state index is 10.5. The van der Waals surface area contributed by atoms with Crippen LogP contribution in [0.5, 0.6) is 0 Å². The lowest BCUT2D eigenvalue weighted by molar-refractivity contribution is 0.0669. The summed E-state index contributed by atoms with van der Waals surface area (Å²) in [6, 6.07) is 5.50. The summed E-state index contributed by atoms with van der Waals surface area (Å²) in [5.41, 5.74) is 0.780. The zero-order valence-corrected chi connectivity index (χ0v) is 13.1. The van der Waals surface area contributed by atoms with Crippen LogP contribution in [0.3, 0.4) is 0 Å². The predicted octanol–water partition coefficient (Wildman–Crippen LogP) is 5.49. The van der Waals surface area contributed by atoms with E-state index in [1.54, 1.807) is 6.07 Å². The van der Waals surface area contributed by atoms with Crippen molar-refractivity contribution in [3.05, 3.63) is 33.8 Å². The minimum Gasteiger partial charge on any atom is -0.388 e. The van der Waals surface area contributed by atoms with E-state index in [9.17, 15) is 5.11 Å². The third-order valence-electron chi connectivity index (χ3n) is 4.51. The maximum atomic E-state index is 10.5. The van der Waals surface area contributed by atoms with Crippen molar-refractivity contribution in [1.29, 1.82) is 0 Å². The van der Waals surface area contributed by atoms with E-state index in [-0.39, 0.29) is 0 Å². The Labute approximate surface area is 125 Å². The monoisotopic (exact) mass is 300 g/mol. The van der Waals surface area contributed by atoms with Crippen LogP contribution in [0.4, 0.5) is 0 Å². The van der Waals surface area contributed by atoms with Crippen LogP contribution in [0.2, 0.25) is 10.0 Å². The van der Waals surface area contributed by atoms with Gasteiger partial charge in [-0.2, -0.15) is 0 Å². The molecule has 0 saturated heterocycles. The van der Waals surface area contributed by atoms with Crippen molar-refractivity contribution in [2.75, 3.05) is 0 Å². The van der Waals surface area contributed by atoms with Crippen LogP contribution in [0.1, 0.15) is 51.2 Å². The maximum Gasteiger partial charge on any atom is 0.0833 e. The van der Waals surface area contributed by atoms with Crippen LogP contribution in [0, 0.1) is 17.8 Å². The number of halogens is 2. The van der Waals surface area contributed by atoms with Gasteiger partial charge in [0.2, 0.25) is 0 Å². The molecule has 0 aliphatic heterocycles. The molecule has 2 rings (SSSR count). The van der Waals surface area contributed by atoms with E-state index in [2.05, 4.69) is 13.8 Å². The van der Waals surface area contributed by atoms with Gasteiger partial charge in [-0.1, -0.05) is 49.2 Å². The van der Waals surface area contributed by atoms with Gasteiger partial charge in [0.1, 0.15) is 0 Å². The second kappa shape index (κ2) is 6.47. The van der Waals surface area contributed by atoms with E-state index in [1.165, 1.54) is 12.8 Å². The third kappa shape index (κ3) is 3.45. The molecule has 1 saturated carbocycles. The molecule has 0 radical (unpaired) electrons. The van der Waals surface area contributed by atoms with Crippen LogP contribution >= 0.6 is 23.2 Å². The number of benzene rings is 1. The average molecular weight is 301 g/mol. The highest BCUT2D eigenvalue weighted by Crippen LogP contribution is 2.41. The Hall–Kier alpha value is -0.240. The molecular weight excluding hydrogens is 279 g/mol. The van der Waals surface area contributed by atoms with Crippen LogP contribution in [0.25, 0.3) is 0 Å². The molecule has 1 fully saturated rings. The van der Waals surface area contributed by atoms with Crippen LogP contribution < -0.4 is 0 Å². The number of aliphatic hydroxyl groups is 1. The molecule has 0 aromatic heterocycles. The Balaban J connectivity index is 2.05. The van der Waals surface area contributed by atoms with Gasteiger partial charge in [-0.15, -0.1) is 0 Å². The standard InChI is InChI=1S/C16H22Cl2O/c1-10(2)11-6-8-12(9-7-11)16(19)13-4-3-5-14(17)15(13)18/h3-5,10-12,16,19H,6-9H2,1-2H3. The fourth-order valence-corrected chi connectivity index (χ4v) is 3.55. The summed E-state index contributed by atoms with van der Waals surface area (Å²) in [6.07, 6.45) is 4.08. The highest BCUT2D eigenvalue weighted by molar-refractivity contribution is 6.42. The highest BCUT2D eigenvalue weighted by atomic mass is 35.5. The van der Waals surface area contributed by atoms with Gasteiger partial charge in [0.05, 0.1) is 16.1 Å². The van der Waals surface area contributed by atoms with Gasteiger partial charge < -0.3 is 5.11 Å². The van der Waals surface area contributed by atoms with Gasteiger partial charge in [0.15, 0.2) is 0 Å². The molecule has 1 aliphatic rings. The van der Waals surface area contributed by atoms with E-state index >= 15 is 0 Å². The number of aliphatic hydroxyl groups excluding tert-OH is 1. The molecule has 19 heavy (non-hydrogen) atoms. The summed E-state index contributed by atoms with van der Waals surface area (Å²) in [4.78, 5) is 0. The second-order valence-electron chi connectivity index (χ2n) is 6.01. The van der Waals surface area contributed by atoms with Crippen LogP contribution in [-0.4, -0.2) is 5.11 Å². The predicted molar refractivity (Wildman–Crippen MR) is 81.7 cm³/mol. The lowest BCUT2D eigenvalue weighted by Gasteiger charge is -2.33. The molecule has 1 unspecified atom stereocenters.